The predicted octanol–water partition coefficient (Wildman–Crippen LogP) is 2.88. The van der Waals surface area contributed by atoms with Gasteiger partial charge in [0.1, 0.15) is 5.75 Å². The number of ether oxygens (including phenoxy) is 1. The Bertz CT molecular complexity index is 337. The summed E-state index contributed by atoms with van der Waals surface area (Å²) in [6.45, 7) is 5.58. The van der Waals surface area contributed by atoms with Crippen molar-refractivity contribution < 1.29 is 9.84 Å². The van der Waals surface area contributed by atoms with Gasteiger partial charge in [0, 0.05) is 0 Å². The highest BCUT2D eigenvalue weighted by Crippen LogP contribution is 2.22. The second-order valence-corrected chi connectivity index (χ2v) is 4.66. The van der Waals surface area contributed by atoms with Gasteiger partial charge >= 0.3 is 0 Å². The molecular weight excluding hydrogens is 226 g/mol. The summed E-state index contributed by atoms with van der Waals surface area (Å²) < 4.78 is 5.78. The molecule has 0 fully saturated rings. The normalized spacial score (nSPS) is 12.7. The van der Waals surface area contributed by atoms with Crippen LogP contribution in [0.25, 0.3) is 0 Å². The Kier molecular flexibility index (Phi) is 6.76. The number of aliphatic hydroxyl groups excluding tert-OH is 1. The molecule has 1 unspecified atom stereocenters. The number of rotatable bonds is 8. The average molecular weight is 251 g/mol. The lowest BCUT2D eigenvalue weighted by Crippen LogP contribution is -2.10. The molecule has 3 nitrogen and oxygen atoms in total. The lowest BCUT2D eigenvalue weighted by molar-refractivity contribution is 0.169. The van der Waals surface area contributed by atoms with E-state index >= 15 is 0 Å². The summed E-state index contributed by atoms with van der Waals surface area (Å²) in [7, 11) is 0. The third kappa shape index (κ3) is 4.67. The van der Waals surface area contributed by atoms with Crippen molar-refractivity contribution in [1.82, 2.24) is 0 Å². The first-order valence-corrected chi connectivity index (χ1v) is 6.82. The van der Waals surface area contributed by atoms with E-state index in [1.54, 1.807) is 0 Å². The minimum Gasteiger partial charge on any atom is -0.493 e. The average Bonchev–Trinajstić information content (AvgIpc) is 2.40. The summed E-state index contributed by atoms with van der Waals surface area (Å²) in [5.74, 6) is 1.43. The Morgan fingerprint density at radius 1 is 1.28 bits per heavy atom. The van der Waals surface area contributed by atoms with E-state index in [1.165, 1.54) is 0 Å². The van der Waals surface area contributed by atoms with Gasteiger partial charge in [0.25, 0.3) is 0 Å². The smallest absolute Gasteiger partial charge is 0.119 e. The zero-order valence-electron chi connectivity index (χ0n) is 11.4. The predicted molar refractivity (Wildman–Crippen MR) is 74.6 cm³/mol. The van der Waals surface area contributed by atoms with Crippen LogP contribution in [-0.2, 0) is 0 Å². The molecule has 0 aliphatic rings. The Balaban J connectivity index is 2.59. The fraction of sp³-hybridized carbons (Fsp3) is 0.600. The highest BCUT2D eigenvalue weighted by Gasteiger charge is 2.08. The summed E-state index contributed by atoms with van der Waals surface area (Å²) in [4.78, 5) is 0. The van der Waals surface area contributed by atoms with Crippen LogP contribution < -0.4 is 10.5 Å². The van der Waals surface area contributed by atoms with Gasteiger partial charge in [-0.25, -0.2) is 0 Å². The molecule has 0 aromatic heterocycles. The van der Waals surface area contributed by atoms with Crippen molar-refractivity contribution in [1.29, 1.82) is 0 Å². The first-order valence-electron chi connectivity index (χ1n) is 6.82. The van der Waals surface area contributed by atoms with E-state index in [-0.39, 0.29) is 0 Å². The van der Waals surface area contributed by atoms with E-state index in [1.807, 2.05) is 24.3 Å². The van der Waals surface area contributed by atoms with Gasteiger partial charge in [-0.3, -0.25) is 0 Å². The van der Waals surface area contributed by atoms with Crippen LogP contribution in [0.4, 0.5) is 0 Å². The Morgan fingerprint density at radius 2 is 2.00 bits per heavy atom. The molecule has 3 N–H and O–H groups in total. The molecule has 18 heavy (non-hydrogen) atoms. The number of benzene rings is 1. The molecule has 0 radical (unpaired) electrons. The molecule has 102 valence electrons. The van der Waals surface area contributed by atoms with Crippen molar-refractivity contribution in [3.05, 3.63) is 29.8 Å². The summed E-state index contributed by atoms with van der Waals surface area (Å²) in [5.41, 5.74) is 6.33. The van der Waals surface area contributed by atoms with E-state index in [9.17, 15) is 5.11 Å². The summed E-state index contributed by atoms with van der Waals surface area (Å²) >= 11 is 0. The third-order valence-electron chi connectivity index (χ3n) is 3.32. The summed E-state index contributed by atoms with van der Waals surface area (Å²) in [5, 5.41) is 9.88. The Morgan fingerprint density at radius 3 is 2.61 bits per heavy atom. The van der Waals surface area contributed by atoms with Crippen LogP contribution >= 0.6 is 0 Å². The minimum absolute atomic E-state index is 0.486. The van der Waals surface area contributed by atoms with Crippen LogP contribution in [0.15, 0.2) is 24.3 Å². The van der Waals surface area contributed by atoms with Crippen molar-refractivity contribution in [3.8, 4) is 5.75 Å². The number of hydrogen-bond donors (Lipinski definition) is 2. The van der Waals surface area contributed by atoms with Crippen LogP contribution in [0.5, 0.6) is 5.75 Å². The number of hydrogen-bond acceptors (Lipinski definition) is 3. The van der Waals surface area contributed by atoms with Crippen LogP contribution in [0, 0.1) is 5.92 Å². The molecule has 0 spiro atoms. The molecule has 0 aliphatic carbocycles. The van der Waals surface area contributed by atoms with Crippen LogP contribution in [0.3, 0.4) is 0 Å². The van der Waals surface area contributed by atoms with Crippen LogP contribution in [0.2, 0.25) is 0 Å². The Labute approximate surface area is 110 Å². The van der Waals surface area contributed by atoms with Gasteiger partial charge in [0.2, 0.25) is 0 Å². The van der Waals surface area contributed by atoms with E-state index in [4.69, 9.17) is 10.5 Å². The van der Waals surface area contributed by atoms with E-state index < -0.39 is 6.10 Å². The topological polar surface area (TPSA) is 55.5 Å². The minimum atomic E-state index is -0.494. The molecule has 0 bridgehead atoms. The van der Waals surface area contributed by atoms with Crippen molar-refractivity contribution in [2.75, 3.05) is 13.2 Å². The molecule has 1 rings (SSSR count). The molecule has 0 heterocycles. The standard InChI is InChI=1S/C15H25NO2/c1-3-12(4-2)11-18-14-7-5-6-13(10-14)15(17)8-9-16/h5-7,10,12,15,17H,3-4,8-9,11,16H2,1-2H3. The second-order valence-electron chi connectivity index (χ2n) is 4.66. The van der Waals surface area contributed by atoms with Gasteiger partial charge in [-0.2, -0.15) is 0 Å². The van der Waals surface area contributed by atoms with Crippen molar-refractivity contribution >= 4 is 0 Å². The van der Waals surface area contributed by atoms with Crippen molar-refractivity contribution in [2.24, 2.45) is 11.7 Å². The van der Waals surface area contributed by atoms with E-state index in [0.717, 1.165) is 30.8 Å². The van der Waals surface area contributed by atoms with E-state index in [2.05, 4.69) is 13.8 Å². The van der Waals surface area contributed by atoms with Crippen LogP contribution in [-0.4, -0.2) is 18.3 Å². The van der Waals surface area contributed by atoms with Crippen molar-refractivity contribution in [2.45, 2.75) is 39.2 Å². The monoisotopic (exact) mass is 251 g/mol. The maximum absolute atomic E-state index is 9.88. The lowest BCUT2D eigenvalue weighted by atomic mass is 10.0. The molecule has 3 heteroatoms. The SMILES string of the molecule is CCC(CC)COc1cccc(C(O)CCN)c1. The molecule has 1 atom stereocenters. The summed E-state index contributed by atoms with van der Waals surface area (Å²) in [6.07, 6.45) is 2.35. The van der Waals surface area contributed by atoms with Gasteiger partial charge in [-0.15, -0.1) is 0 Å². The Hall–Kier alpha value is -1.06. The highest BCUT2D eigenvalue weighted by molar-refractivity contribution is 5.29. The maximum Gasteiger partial charge on any atom is 0.119 e. The largest absolute Gasteiger partial charge is 0.493 e. The highest BCUT2D eigenvalue weighted by atomic mass is 16.5. The molecule has 1 aromatic carbocycles. The van der Waals surface area contributed by atoms with Crippen LogP contribution in [0.1, 0.15) is 44.8 Å². The quantitative estimate of drug-likeness (QED) is 0.747. The second kappa shape index (κ2) is 8.11. The number of aliphatic hydroxyl groups is 1. The fourth-order valence-electron chi connectivity index (χ4n) is 1.87. The molecule has 0 aliphatic heterocycles. The van der Waals surface area contributed by atoms with Gasteiger partial charge in [-0.1, -0.05) is 38.8 Å². The fourth-order valence-corrected chi connectivity index (χ4v) is 1.87. The van der Waals surface area contributed by atoms with Gasteiger partial charge < -0.3 is 15.6 Å². The first kappa shape index (κ1) is 15.0. The first-order chi connectivity index (χ1) is 8.71. The molecule has 1 aromatic rings. The molecule has 0 saturated carbocycles. The zero-order valence-corrected chi connectivity index (χ0v) is 11.4. The summed E-state index contributed by atoms with van der Waals surface area (Å²) in [6, 6.07) is 7.66. The van der Waals surface area contributed by atoms with E-state index in [0.29, 0.717) is 18.9 Å². The van der Waals surface area contributed by atoms with Gasteiger partial charge in [-0.05, 0) is 36.6 Å². The van der Waals surface area contributed by atoms with Gasteiger partial charge in [0.05, 0.1) is 12.7 Å². The molecular formula is C15H25NO2. The zero-order chi connectivity index (χ0) is 13.4. The van der Waals surface area contributed by atoms with Crippen molar-refractivity contribution in [3.63, 3.8) is 0 Å². The third-order valence-corrected chi connectivity index (χ3v) is 3.32. The van der Waals surface area contributed by atoms with Gasteiger partial charge in [0.15, 0.2) is 0 Å². The molecule has 0 saturated heterocycles. The lowest BCUT2D eigenvalue weighted by Gasteiger charge is -2.15. The number of nitrogens with two attached hydrogens (primary N) is 1. The maximum atomic E-state index is 9.88. The molecule has 0 amide bonds.